The Morgan fingerprint density at radius 2 is 2.12 bits per heavy atom. The quantitative estimate of drug-likeness (QED) is 0.793. The zero-order chi connectivity index (χ0) is 12.5. The van der Waals surface area contributed by atoms with Gasteiger partial charge in [-0.2, -0.15) is 4.31 Å². The van der Waals surface area contributed by atoms with Crippen LogP contribution in [0.4, 0.5) is 0 Å². The molecule has 1 fully saturated rings. The van der Waals surface area contributed by atoms with Crippen LogP contribution in [0.1, 0.15) is 18.4 Å². The van der Waals surface area contributed by atoms with Crippen LogP contribution >= 0.6 is 11.6 Å². The first kappa shape index (κ1) is 12.9. The molecular weight excluding hydrogens is 258 g/mol. The van der Waals surface area contributed by atoms with Crippen molar-refractivity contribution in [3.05, 3.63) is 29.8 Å². The fraction of sp³-hybridized carbons (Fsp3) is 0.500. The van der Waals surface area contributed by atoms with Crippen molar-refractivity contribution in [2.24, 2.45) is 0 Å². The molecule has 2 rings (SSSR count). The van der Waals surface area contributed by atoms with Crippen molar-refractivity contribution < 1.29 is 8.42 Å². The number of halogens is 1. The number of aryl methyl sites for hydroxylation is 1. The van der Waals surface area contributed by atoms with Crippen LogP contribution in [0.25, 0.3) is 0 Å². The van der Waals surface area contributed by atoms with Gasteiger partial charge in [-0.25, -0.2) is 8.42 Å². The number of hydrogen-bond acceptors (Lipinski definition) is 2. The van der Waals surface area contributed by atoms with Gasteiger partial charge < -0.3 is 0 Å². The molecule has 1 unspecified atom stereocenters. The van der Waals surface area contributed by atoms with E-state index in [4.69, 9.17) is 11.6 Å². The van der Waals surface area contributed by atoms with Crippen molar-refractivity contribution in [1.29, 1.82) is 0 Å². The van der Waals surface area contributed by atoms with Crippen LogP contribution in [-0.2, 0) is 10.0 Å². The fourth-order valence-corrected chi connectivity index (χ4v) is 4.57. The van der Waals surface area contributed by atoms with E-state index in [-0.39, 0.29) is 6.04 Å². The van der Waals surface area contributed by atoms with Crippen LogP contribution in [0, 0.1) is 6.92 Å². The van der Waals surface area contributed by atoms with Gasteiger partial charge in [-0.15, -0.1) is 11.6 Å². The summed E-state index contributed by atoms with van der Waals surface area (Å²) >= 11 is 5.83. The van der Waals surface area contributed by atoms with Gasteiger partial charge >= 0.3 is 0 Å². The molecule has 5 heteroatoms. The van der Waals surface area contributed by atoms with Crippen LogP contribution in [0.2, 0.25) is 0 Å². The Morgan fingerprint density at radius 3 is 2.76 bits per heavy atom. The first-order valence-electron chi connectivity index (χ1n) is 5.71. The largest absolute Gasteiger partial charge is 0.243 e. The van der Waals surface area contributed by atoms with E-state index in [1.54, 1.807) is 16.4 Å². The molecule has 17 heavy (non-hydrogen) atoms. The average Bonchev–Trinajstić information content (AvgIpc) is 2.78. The predicted octanol–water partition coefficient (Wildman–Crippen LogP) is 2.39. The third kappa shape index (κ3) is 2.34. The molecule has 0 saturated carbocycles. The van der Waals surface area contributed by atoms with E-state index in [9.17, 15) is 8.42 Å². The molecular formula is C12H16ClNO2S. The molecule has 1 aliphatic heterocycles. The van der Waals surface area contributed by atoms with Crippen molar-refractivity contribution >= 4 is 21.6 Å². The molecule has 0 aliphatic carbocycles. The standard InChI is InChI=1S/C12H16ClNO2S/c1-10-5-2-3-7-12(10)17(15,16)14-8-4-6-11(14)9-13/h2-3,5,7,11H,4,6,8-9H2,1H3. The lowest BCUT2D eigenvalue weighted by molar-refractivity contribution is 0.411. The normalized spacial score (nSPS) is 21.9. The van der Waals surface area contributed by atoms with E-state index in [1.165, 1.54) is 0 Å². The second-order valence-corrected chi connectivity index (χ2v) is 6.50. The summed E-state index contributed by atoms with van der Waals surface area (Å²) in [6, 6.07) is 7.02. The Balaban J connectivity index is 2.40. The highest BCUT2D eigenvalue weighted by atomic mass is 35.5. The molecule has 0 radical (unpaired) electrons. The lowest BCUT2D eigenvalue weighted by atomic mass is 10.2. The zero-order valence-electron chi connectivity index (χ0n) is 9.77. The molecule has 0 bridgehead atoms. The number of sulfonamides is 1. The van der Waals surface area contributed by atoms with Crippen LogP contribution in [0.5, 0.6) is 0 Å². The maximum Gasteiger partial charge on any atom is 0.243 e. The molecule has 0 N–H and O–H groups in total. The van der Waals surface area contributed by atoms with Crippen molar-refractivity contribution in [3.63, 3.8) is 0 Å². The summed E-state index contributed by atoms with van der Waals surface area (Å²) in [5, 5.41) is 0. The van der Waals surface area contributed by atoms with Crippen LogP contribution in [-0.4, -0.2) is 31.2 Å². The first-order valence-corrected chi connectivity index (χ1v) is 7.68. The SMILES string of the molecule is Cc1ccccc1S(=O)(=O)N1CCCC1CCl. The van der Waals surface area contributed by atoms with Gasteiger partial charge in [0, 0.05) is 18.5 Å². The zero-order valence-corrected chi connectivity index (χ0v) is 11.3. The van der Waals surface area contributed by atoms with Crippen LogP contribution in [0.15, 0.2) is 29.2 Å². The Hall–Kier alpha value is -0.580. The molecule has 0 spiro atoms. The third-order valence-electron chi connectivity index (χ3n) is 3.18. The van der Waals surface area contributed by atoms with Crippen LogP contribution < -0.4 is 0 Å². The molecule has 3 nitrogen and oxygen atoms in total. The Labute approximate surface area is 107 Å². The second-order valence-electron chi connectivity index (χ2n) is 4.33. The summed E-state index contributed by atoms with van der Waals surface area (Å²) in [5.74, 6) is 0.366. The number of rotatable bonds is 3. The summed E-state index contributed by atoms with van der Waals surface area (Å²) in [4.78, 5) is 0.400. The highest BCUT2D eigenvalue weighted by Gasteiger charge is 2.35. The topological polar surface area (TPSA) is 37.4 Å². The molecule has 1 saturated heterocycles. The molecule has 0 amide bonds. The fourth-order valence-electron chi connectivity index (χ4n) is 2.25. The van der Waals surface area contributed by atoms with E-state index >= 15 is 0 Å². The van der Waals surface area contributed by atoms with Crippen molar-refractivity contribution in [2.45, 2.75) is 30.7 Å². The maximum atomic E-state index is 12.5. The van der Waals surface area contributed by atoms with Gasteiger partial charge in [0.25, 0.3) is 0 Å². The number of alkyl halides is 1. The van der Waals surface area contributed by atoms with E-state index in [0.29, 0.717) is 17.3 Å². The lowest BCUT2D eigenvalue weighted by Gasteiger charge is -2.23. The smallest absolute Gasteiger partial charge is 0.207 e. The molecule has 1 atom stereocenters. The van der Waals surface area contributed by atoms with Crippen molar-refractivity contribution in [3.8, 4) is 0 Å². The molecule has 1 aliphatic rings. The van der Waals surface area contributed by atoms with Gasteiger partial charge in [-0.1, -0.05) is 18.2 Å². The summed E-state index contributed by atoms with van der Waals surface area (Å²) in [6.45, 7) is 2.40. The van der Waals surface area contributed by atoms with E-state index in [2.05, 4.69) is 0 Å². The van der Waals surface area contributed by atoms with E-state index < -0.39 is 10.0 Å². The molecule has 0 aromatic heterocycles. The van der Waals surface area contributed by atoms with Gasteiger partial charge in [0.1, 0.15) is 0 Å². The Bertz CT molecular complexity index is 501. The molecule has 1 heterocycles. The van der Waals surface area contributed by atoms with Gasteiger partial charge in [-0.3, -0.25) is 0 Å². The maximum absolute atomic E-state index is 12.5. The molecule has 1 aromatic carbocycles. The Kier molecular flexibility index (Phi) is 3.76. The van der Waals surface area contributed by atoms with Gasteiger partial charge in [0.05, 0.1) is 4.90 Å². The number of benzene rings is 1. The first-order chi connectivity index (χ1) is 8.07. The van der Waals surface area contributed by atoms with Crippen LogP contribution in [0.3, 0.4) is 0 Å². The number of nitrogens with zero attached hydrogens (tertiary/aromatic N) is 1. The third-order valence-corrected chi connectivity index (χ3v) is 5.65. The Morgan fingerprint density at radius 1 is 1.41 bits per heavy atom. The molecule has 94 valence electrons. The van der Waals surface area contributed by atoms with Crippen molar-refractivity contribution in [1.82, 2.24) is 4.31 Å². The van der Waals surface area contributed by atoms with E-state index in [0.717, 1.165) is 18.4 Å². The van der Waals surface area contributed by atoms with Gasteiger partial charge in [0.15, 0.2) is 0 Å². The van der Waals surface area contributed by atoms with E-state index in [1.807, 2.05) is 19.1 Å². The van der Waals surface area contributed by atoms with Gasteiger partial charge in [0.2, 0.25) is 10.0 Å². The van der Waals surface area contributed by atoms with Gasteiger partial charge in [-0.05, 0) is 31.4 Å². The highest BCUT2D eigenvalue weighted by Crippen LogP contribution is 2.28. The summed E-state index contributed by atoms with van der Waals surface area (Å²) in [7, 11) is -3.38. The average molecular weight is 274 g/mol. The number of hydrogen-bond donors (Lipinski definition) is 0. The summed E-state index contributed by atoms with van der Waals surface area (Å²) in [6.07, 6.45) is 1.75. The summed E-state index contributed by atoms with van der Waals surface area (Å²) in [5.41, 5.74) is 0.785. The highest BCUT2D eigenvalue weighted by molar-refractivity contribution is 7.89. The second kappa shape index (κ2) is 4.96. The monoisotopic (exact) mass is 273 g/mol. The van der Waals surface area contributed by atoms with Crippen molar-refractivity contribution in [2.75, 3.05) is 12.4 Å². The molecule has 1 aromatic rings. The minimum Gasteiger partial charge on any atom is -0.207 e. The predicted molar refractivity (Wildman–Crippen MR) is 68.8 cm³/mol. The summed E-state index contributed by atoms with van der Waals surface area (Å²) < 4.78 is 26.5. The minimum atomic E-state index is -3.38. The lowest BCUT2D eigenvalue weighted by Crippen LogP contribution is -2.36. The minimum absolute atomic E-state index is 0.0544.